The maximum absolute atomic E-state index is 13.9. The molecule has 9 nitrogen and oxygen atoms in total. The molecular weight excluding hydrogens is 512 g/mol. The summed E-state index contributed by atoms with van der Waals surface area (Å²) in [5.41, 5.74) is 3.94. The molecule has 3 aromatic carbocycles. The first-order valence-electron chi connectivity index (χ1n) is 12.8. The highest BCUT2D eigenvalue weighted by atomic mass is 16.6. The van der Waals surface area contributed by atoms with E-state index in [2.05, 4.69) is 0 Å². The summed E-state index contributed by atoms with van der Waals surface area (Å²) in [6, 6.07) is 19.4. The minimum absolute atomic E-state index is 0.101. The maximum atomic E-state index is 13.9. The predicted octanol–water partition coefficient (Wildman–Crippen LogP) is 5.04. The number of nitro benzene ring substituents is 1. The van der Waals surface area contributed by atoms with Crippen molar-refractivity contribution < 1.29 is 28.7 Å². The van der Waals surface area contributed by atoms with Gasteiger partial charge in [0.25, 0.3) is 5.69 Å². The molecule has 1 aliphatic heterocycles. The van der Waals surface area contributed by atoms with Crippen molar-refractivity contribution in [3.63, 3.8) is 0 Å². The zero-order chi connectivity index (χ0) is 28.1. The van der Waals surface area contributed by atoms with Crippen molar-refractivity contribution in [2.24, 2.45) is 23.7 Å². The van der Waals surface area contributed by atoms with Gasteiger partial charge in [-0.2, -0.15) is 0 Å². The lowest BCUT2D eigenvalue weighted by Crippen LogP contribution is -2.33. The summed E-state index contributed by atoms with van der Waals surface area (Å²) in [5.74, 6) is -0.826. The SMILES string of the molecule is COc1ccc(C(=C2[C@H]3C=C[C@H]2[C@H]2C(=O)N(c4ccc([N+](=O)[O-])cc4OC)C(=O)[C@@H]23)c2ccc(OC)cc2)cc1. The molecule has 0 unspecified atom stereocenters. The Labute approximate surface area is 230 Å². The van der Waals surface area contributed by atoms with Crippen LogP contribution in [-0.4, -0.2) is 38.1 Å². The third-order valence-corrected chi connectivity index (χ3v) is 8.08. The summed E-state index contributed by atoms with van der Waals surface area (Å²) >= 11 is 0. The first-order chi connectivity index (χ1) is 19.4. The summed E-state index contributed by atoms with van der Waals surface area (Å²) in [6.07, 6.45) is 4.05. The molecular formula is C31H26N2O7. The fourth-order valence-corrected chi connectivity index (χ4v) is 6.31. The van der Waals surface area contributed by atoms with E-state index in [4.69, 9.17) is 14.2 Å². The van der Waals surface area contributed by atoms with E-state index in [-0.39, 0.29) is 40.8 Å². The van der Waals surface area contributed by atoms with Crippen LogP contribution in [0.15, 0.2) is 84.5 Å². The van der Waals surface area contributed by atoms with Crippen LogP contribution in [0.5, 0.6) is 17.2 Å². The number of imide groups is 1. The molecule has 2 amide bonds. The van der Waals surface area contributed by atoms with Gasteiger partial charge >= 0.3 is 0 Å². The molecule has 1 saturated heterocycles. The summed E-state index contributed by atoms with van der Waals surface area (Å²) < 4.78 is 16.1. The highest BCUT2D eigenvalue weighted by Crippen LogP contribution is 2.59. The van der Waals surface area contributed by atoms with Crippen molar-refractivity contribution in [3.8, 4) is 17.2 Å². The van der Waals surface area contributed by atoms with Crippen LogP contribution in [0.2, 0.25) is 0 Å². The van der Waals surface area contributed by atoms with Crippen LogP contribution in [0, 0.1) is 33.8 Å². The Bertz CT molecular complexity index is 1510. The minimum Gasteiger partial charge on any atom is -0.497 e. The first-order valence-corrected chi connectivity index (χ1v) is 12.8. The molecule has 2 aliphatic carbocycles. The predicted molar refractivity (Wildman–Crippen MR) is 147 cm³/mol. The number of nitro groups is 1. The van der Waals surface area contributed by atoms with Gasteiger partial charge in [0.15, 0.2) is 0 Å². The highest BCUT2D eigenvalue weighted by molar-refractivity contribution is 6.24. The minimum atomic E-state index is -0.580. The third kappa shape index (κ3) is 3.77. The molecule has 0 spiro atoms. The Morgan fingerprint density at radius 1 is 0.750 bits per heavy atom. The molecule has 2 bridgehead atoms. The molecule has 3 aromatic rings. The Morgan fingerprint density at radius 3 is 1.68 bits per heavy atom. The lowest BCUT2D eigenvalue weighted by molar-refractivity contribution is -0.384. The number of rotatable bonds is 7. The molecule has 9 heteroatoms. The lowest BCUT2D eigenvalue weighted by atomic mass is 9.85. The average Bonchev–Trinajstić information content (AvgIpc) is 3.62. The van der Waals surface area contributed by atoms with Crippen molar-refractivity contribution in [1.29, 1.82) is 0 Å². The third-order valence-electron chi connectivity index (χ3n) is 8.08. The average molecular weight is 539 g/mol. The van der Waals surface area contributed by atoms with Gasteiger partial charge in [-0.15, -0.1) is 0 Å². The van der Waals surface area contributed by atoms with Gasteiger partial charge in [-0.25, -0.2) is 4.90 Å². The van der Waals surface area contributed by atoms with Crippen molar-refractivity contribution in [2.45, 2.75) is 0 Å². The zero-order valence-corrected chi connectivity index (χ0v) is 22.1. The Balaban J connectivity index is 1.45. The molecule has 40 heavy (non-hydrogen) atoms. The number of amides is 2. The molecule has 0 aromatic heterocycles. The molecule has 3 aliphatic rings. The summed E-state index contributed by atoms with van der Waals surface area (Å²) in [7, 11) is 4.59. The summed E-state index contributed by atoms with van der Waals surface area (Å²) in [4.78, 5) is 39.7. The van der Waals surface area contributed by atoms with Gasteiger partial charge in [0, 0.05) is 17.9 Å². The van der Waals surface area contributed by atoms with Crippen LogP contribution >= 0.6 is 0 Å². The lowest BCUT2D eigenvalue weighted by Gasteiger charge is -2.22. The molecule has 0 N–H and O–H groups in total. The van der Waals surface area contributed by atoms with Crippen LogP contribution in [0.3, 0.4) is 0 Å². The van der Waals surface area contributed by atoms with Gasteiger partial charge in [-0.3, -0.25) is 19.7 Å². The van der Waals surface area contributed by atoms with Crippen molar-refractivity contribution in [3.05, 3.63) is 106 Å². The molecule has 6 rings (SSSR count). The van der Waals surface area contributed by atoms with Gasteiger partial charge in [0.2, 0.25) is 11.8 Å². The van der Waals surface area contributed by atoms with Crippen LogP contribution in [0.1, 0.15) is 11.1 Å². The number of allylic oxidation sites excluding steroid dienone is 3. The van der Waals surface area contributed by atoms with E-state index in [1.807, 2.05) is 60.7 Å². The van der Waals surface area contributed by atoms with Crippen LogP contribution in [0.4, 0.5) is 11.4 Å². The van der Waals surface area contributed by atoms with Crippen molar-refractivity contribution in [2.75, 3.05) is 26.2 Å². The maximum Gasteiger partial charge on any atom is 0.273 e. The largest absolute Gasteiger partial charge is 0.497 e. The van der Waals surface area contributed by atoms with E-state index >= 15 is 0 Å². The topological polar surface area (TPSA) is 108 Å². The number of carbonyl (C=O) groups excluding carboxylic acids is 2. The molecule has 0 radical (unpaired) electrons. The number of methoxy groups -OCH3 is 3. The highest BCUT2D eigenvalue weighted by Gasteiger charge is 2.62. The Hall–Kier alpha value is -4.92. The second-order valence-electron chi connectivity index (χ2n) is 9.90. The zero-order valence-electron chi connectivity index (χ0n) is 22.1. The van der Waals surface area contributed by atoms with E-state index in [0.29, 0.717) is 0 Å². The Morgan fingerprint density at radius 2 is 1.25 bits per heavy atom. The van der Waals surface area contributed by atoms with Gasteiger partial charge in [-0.05, 0) is 52.6 Å². The summed E-state index contributed by atoms with van der Waals surface area (Å²) in [5, 5.41) is 11.3. The number of non-ortho nitro benzene ring substituents is 1. The number of carbonyl (C=O) groups is 2. The van der Waals surface area contributed by atoms with Gasteiger partial charge in [0.1, 0.15) is 17.2 Å². The number of anilines is 1. The molecule has 202 valence electrons. The van der Waals surface area contributed by atoms with Crippen molar-refractivity contribution in [1.82, 2.24) is 0 Å². The smallest absolute Gasteiger partial charge is 0.273 e. The van der Waals surface area contributed by atoms with E-state index < -0.39 is 16.8 Å². The number of hydrogen-bond acceptors (Lipinski definition) is 7. The van der Waals surface area contributed by atoms with Gasteiger partial charge < -0.3 is 14.2 Å². The molecule has 4 atom stereocenters. The van der Waals surface area contributed by atoms with E-state index in [9.17, 15) is 19.7 Å². The number of nitrogens with zero attached hydrogens (tertiary/aromatic N) is 2. The van der Waals surface area contributed by atoms with Crippen LogP contribution in [-0.2, 0) is 9.59 Å². The van der Waals surface area contributed by atoms with Crippen LogP contribution in [0.25, 0.3) is 5.57 Å². The second-order valence-corrected chi connectivity index (χ2v) is 9.90. The number of benzene rings is 3. The van der Waals surface area contributed by atoms with E-state index in [1.54, 1.807) is 14.2 Å². The fraction of sp³-hybridized carbons (Fsp3) is 0.226. The van der Waals surface area contributed by atoms with E-state index in [0.717, 1.165) is 38.7 Å². The number of hydrogen-bond donors (Lipinski definition) is 0. The standard InChI is InChI=1S/C31H26N2O7/c1-38-20-9-4-17(5-10-20)26(18-6-11-21(39-2)12-7-18)27-22-13-14-23(27)29-28(22)30(34)32(31(29)35)24-15-8-19(33(36)37)16-25(24)40-3/h4-16,22-23,28-29H,1-3H3/t22-,23-,28-,29-/m1/s1. The molecule has 1 saturated carbocycles. The second kappa shape index (κ2) is 9.68. The molecule has 2 fully saturated rings. The van der Waals surface area contributed by atoms with Crippen LogP contribution < -0.4 is 19.1 Å². The Kier molecular flexibility index (Phi) is 6.14. The number of ether oxygens (including phenoxy) is 3. The monoisotopic (exact) mass is 538 g/mol. The molecule has 1 heterocycles. The quantitative estimate of drug-likeness (QED) is 0.179. The van der Waals surface area contributed by atoms with Gasteiger partial charge in [-0.1, -0.05) is 36.4 Å². The van der Waals surface area contributed by atoms with E-state index in [1.165, 1.54) is 25.3 Å². The first kappa shape index (κ1) is 25.4. The number of fused-ring (bicyclic) bond motifs is 5. The summed E-state index contributed by atoms with van der Waals surface area (Å²) in [6.45, 7) is 0. The van der Waals surface area contributed by atoms with Crippen molar-refractivity contribution >= 4 is 28.8 Å². The normalized spacial score (nSPS) is 22.5. The van der Waals surface area contributed by atoms with Gasteiger partial charge in [0.05, 0.1) is 49.8 Å². The fourth-order valence-electron chi connectivity index (χ4n) is 6.31.